The van der Waals surface area contributed by atoms with Gasteiger partial charge in [0.25, 0.3) is 5.91 Å². The molecular weight excluding hydrogens is 314 g/mol. The Hall–Kier alpha value is -2.61. The van der Waals surface area contributed by atoms with Gasteiger partial charge in [0.15, 0.2) is 5.76 Å². The summed E-state index contributed by atoms with van der Waals surface area (Å²) in [6, 6.07) is 6.23. The van der Waals surface area contributed by atoms with Gasteiger partial charge in [-0.15, -0.1) is 0 Å². The number of hydrogen-bond donors (Lipinski definition) is 1. The molecule has 1 saturated heterocycles. The first-order valence-corrected chi connectivity index (χ1v) is 7.87. The van der Waals surface area contributed by atoms with Crippen LogP contribution < -0.4 is 5.32 Å². The topological polar surface area (TPSA) is 102 Å². The van der Waals surface area contributed by atoms with Gasteiger partial charge in [0.2, 0.25) is 0 Å². The zero-order valence-corrected chi connectivity index (χ0v) is 13.4. The predicted molar refractivity (Wildman–Crippen MR) is 84.7 cm³/mol. The minimum Gasteiger partial charge on any atom is -0.465 e. The van der Waals surface area contributed by atoms with Crippen molar-refractivity contribution >= 4 is 11.8 Å². The number of rotatable bonds is 6. The highest BCUT2D eigenvalue weighted by atomic mass is 16.6. The fourth-order valence-electron chi connectivity index (χ4n) is 2.92. The first-order chi connectivity index (χ1) is 11.5. The Morgan fingerprint density at radius 3 is 2.62 bits per heavy atom. The smallest absolute Gasteiger partial charge is 0.433 e. The summed E-state index contributed by atoms with van der Waals surface area (Å²) in [5, 5.41) is 13.4. The molecule has 24 heavy (non-hydrogen) atoms. The van der Waals surface area contributed by atoms with Crippen LogP contribution in [0.4, 0.5) is 5.88 Å². The van der Waals surface area contributed by atoms with Crippen LogP contribution in [0.5, 0.6) is 0 Å². The summed E-state index contributed by atoms with van der Waals surface area (Å²) in [6.07, 6.45) is 2.24. The summed E-state index contributed by atoms with van der Waals surface area (Å²) >= 11 is 0. The van der Waals surface area contributed by atoms with Gasteiger partial charge in [-0.1, -0.05) is 0 Å². The van der Waals surface area contributed by atoms with Gasteiger partial charge in [-0.25, -0.2) is 0 Å². The quantitative estimate of drug-likeness (QED) is 0.644. The molecule has 128 valence electrons. The van der Waals surface area contributed by atoms with E-state index in [1.807, 2.05) is 19.1 Å². The molecule has 0 saturated carbocycles. The predicted octanol–water partition coefficient (Wildman–Crippen LogP) is 2.66. The number of amides is 1. The van der Waals surface area contributed by atoms with Gasteiger partial charge in [-0.2, -0.15) is 0 Å². The number of nitrogens with zero attached hydrogens (tertiary/aromatic N) is 2. The standard InChI is InChI=1S/C16H19N3O5/c1-11-4-5-13(23-11)12(18-8-2-3-9-18)10-17-16(20)14-6-7-15(24-14)19(21)22/h4-7,12H,2-3,8-10H2,1H3,(H,17,20)/t12-/m0/s1. The maximum absolute atomic E-state index is 12.2. The molecule has 1 aliphatic heterocycles. The van der Waals surface area contributed by atoms with Crippen molar-refractivity contribution in [2.24, 2.45) is 0 Å². The van der Waals surface area contributed by atoms with Crippen molar-refractivity contribution in [2.75, 3.05) is 19.6 Å². The molecule has 0 bridgehead atoms. The number of carbonyl (C=O) groups excluding carboxylic acids is 1. The molecule has 0 aromatic carbocycles. The molecule has 0 spiro atoms. The number of nitrogens with one attached hydrogen (secondary N) is 1. The molecule has 3 rings (SSSR count). The molecule has 1 aliphatic rings. The molecule has 1 fully saturated rings. The molecule has 0 radical (unpaired) electrons. The zero-order chi connectivity index (χ0) is 17.1. The minimum absolute atomic E-state index is 0.0601. The van der Waals surface area contributed by atoms with Crippen molar-refractivity contribution in [3.8, 4) is 0 Å². The van der Waals surface area contributed by atoms with Crippen LogP contribution in [0.15, 0.2) is 33.1 Å². The van der Waals surface area contributed by atoms with E-state index >= 15 is 0 Å². The fourth-order valence-corrected chi connectivity index (χ4v) is 2.92. The minimum atomic E-state index is -0.671. The van der Waals surface area contributed by atoms with Crippen LogP contribution in [0.3, 0.4) is 0 Å². The largest absolute Gasteiger partial charge is 0.465 e. The number of likely N-dealkylation sites (tertiary alicyclic amines) is 1. The Morgan fingerprint density at radius 2 is 2.04 bits per heavy atom. The molecule has 8 heteroatoms. The van der Waals surface area contributed by atoms with Crippen molar-refractivity contribution in [1.29, 1.82) is 0 Å². The van der Waals surface area contributed by atoms with Gasteiger partial charge >= 0.3 is 5.88 Å². The van der Waals surface area contributed by atoms with Crippen LogP contribution in [-0.2, 0) is 0 Å². The average Bonchev–Trinajstić information content (AvgIpc) is 3.29. The summed E-state index contributed by atoms with van der Waals surface area (Å²) in [4.78, 5) is 24.4. The third kappa shape index (κ3) is 3.48. The van der Waals surface area contributed by atoms with Crippen LogP contribution in [0.25, 0.3) is 0 Å². The van der Waals surface area contributed by atoms with Gasteiger partial charge in [0.05, 0.1) is 12.1 Å². The Balaban J connectivity index is 1.68. The van der Waals surface area contributed by atoms with Crippen molar-refractivity contribution in [1.82, 2.24) is 10.2 Å². The molecule has 0 unspecified atom stereocenters. The van der Waals surface area contributed by atoms with Crippen LogP contribution in [-0.4, -0.2) is 35.4 Å². The third-order valence-electron chi connectivity index (χ3n) is 4.12. The number of nitro groups is 1. The molecule has 3 heterocycles. The number of furan rings is 2. The van der Waals surface area contributed by atoms with E-state index < -0.39 is 16.7 Å². The van der Waals surface area contributed by atoms with Crippen molar-refractivity contribution in [3.05, 3.63) is 51.7 Å². The second-order valence-corrected chi connectivity index (χ2v) is 5.81. The lowest BCUT2D eigenvalue weighted by molar-refractivity contribution is -0.402. The SMILES string of the molecule is Cc1ccc([C@H](CNC(=O)c2ccc([N+](=O)[O-])o2)N2CCCC2)o1. The van der Waals surface area contributed by atoms with E-state index in [2.05, 4.69) is 10.2 Å². The summed E-state index contributed by atoms with van der Waals surface area (Å²) in [5.41, 5.74) is 0. The van der Waals surface area contributed by atoms with E-state index in [-0.39, 0.29) is 11.8 Å². The fraction of sp³-hybridized carbons (Fsp3) is 0.438. The van der Waals surface area contributed by atoms with Crippen LogP contribution >= 0.6 is 0 Å². The van der Waals surface area contributed by atoms with Crippen LogP contribution in [0.2, 0.25) is 0 Å². The van der Waals surface area contributed by atoms with E-state index in [0.717, 1.165) is 37.5 Å². The van der Waals surface area contributed by atoms with Crippen molar-refractivity contribution < 1.29 is 18.6 Å². The van der Waals surface area contributed by atoms with Crippen molar-refractivity contribution in [2.45, 2.75) is 25.8 Å². The van der Waals surface area contributed by atoms with E-state index in [0.29, 0.717) is 6.54 Å². The zero-order valence-electron chi connectivity index (χ0n) is 13.4. The lowest BCUT2D eigenvalue weighted by Crippen LogP contribution is -2.36. The van der Waals surface area contributed by atoms with Crippen LogP contribution in [0, 0.1) is 17.0 Å². The lowest BCUT2D eigenvalue weighted by atomic mass is 10.2. The summed E-state index contributed by atoms with van der Waals surface area (Å²) in [5.74, 6) is 0.633. The summed E-state index contributed by atoms with van der Waals surface area (Å²) in [7, 11) is 0. The summed E-state index contributed by atoms with van der Waals surface area (Å²) in [6.45, 7) is 4.13. The van der Waals surface area contributed by atoms with Gasteiger partial charge in [0.1, 0.15) is 16.4 Å². The van der Waals surface area contributed by atoms with E-state index in [9.17, 15) is 14.9 Å². The Morgan fingerprint density at radius 1 is 1.29 bits per heavy atom. The molecule has 2 aromatic heterocycles. The normalized spacial score (nSPS) is 16.2. The molecule has 8 nitrogen and oxygen atoms in total. The van der Waals surface area contributed by atoms with E-state index in [1.165, 1.54) is 12.1 Å². The molecule has 1 atom stereocenters. The van der Waals surface area contributed by atoms with Crippen molar-refractivity contribution in [3.63, 3.8) is 0 Å². The highest BCUT2D eigenvalue weighted by Gasteiger charge is 2.27. The number of carbonyl (C=O) groups is 1. The van der Waals surface area contributed by atoms with E-state index in [1.54, 1.807) is 0 Å². The second-order valence-electron chi connectivity index (χ2n) is 5.81. The Bertz CT molecular complexity index is 730. The Labute approximate surface area is 138 Å². The first kappa shape index (κ1) is 16.3. The van der Waals surface area contributed by atoms with Gasteiger partial charge < -0.3 is 14.2 Å². The Kier molecular flexibility index (Phi) is 4.66. The van der Waals surface area contributed by atoms with E-state index in [4.69, 9.17) is 8.83 Å². The van der Waals surface area contributed by atoms with Gasteiger partial charge in [0, 0.05) is 6.54 Å². The number of hydrogen-bond acceptors (Lipinski definition) is 6. The molecule has 1 amide bonds. The maximum Gasteiger partial charge on any atom is 0.433 e. The highest BCUT2D eigenvalue weighted by molar-refractivity contribution is 5.91. The summed E-state index contributed by atoms with van der Waals surface area (Å²) < 4.78 is 10.7. The highest BCUT2D eigenvalue weighted by Crippen LogP contribution is 2.26. The average molecular weight is 333 g/mol. The second kappa shape index (κ2) is 6.88. The molecule has 2 aromatic rings. The van der Waals surface area contributed by atoms with Crippen LogP contribution in [0.1, 0.15) is 41.0 Å². The van der Waals surface area contributed by atoms with Gasteiger partial charge in [-0.05, 0) is 51.1 Å². The molecule has 0 aliphatic carbocycles. The first-order valence-electron chi connectivity index (χ1n) is 7.87. The maximum atomic E-state index is 12.2. The molecule has 1 N–H and O–H groups in total. The third-order valence-corrected chi connectivity index (χ3v) is 4.12. The number of aryl methyl sites for hydroxylation is 1. The van der Waals surface area contributed by atoms with Gasteiger partial charge in [-0.3, -0.25) is 19.8 Å². The lowest BCUT2D eigenvalue weighted by Gasteiger charge is -2.25. The monoisotopic (exact) mass is 333 g/mol. The molecular formula is C16H19N3O5.